The molecule has 0 aliphatic heterocycles. The Labute approximate surface area is 220 Å². The van der Waals surface area contributed by atoms with Crippen LogP contribution in [0.15, 0.2) is 66.7 Å². The Hall–Kier alpha value is -3.41. The molecule has 1 amide bonds. The van der Waals surface area contributed by atoms with E-state index >= 15 is 0 Å². The molecule has 1 aliphatic rings. The maximum absolute atomic E-state index is 13.0. The molecule has 3 rings (SSSR count). The molecule has 0 radical (unpaired) electrons. The van der Waals surface area contributed by atoms with Crippen LogP contribution in [0, 0.1) is 5.92 Å². The molecule has 6 nitrogen and oxygen atoms in total. The molecule has 1 fully saturated rings. The molecule has 1 saturated carbocycles. The smallest absolute Gasteiger partial charge is 0.315 e. The van der Waals surface area contributed by atoms with Crippen molar-refractivity contribution in [3.8, 4) is 0 Å². The topological polar surface area (TPSA) is 92.7 Å². The molecule has 0 spiro atoms. The minimum Gasteiger partial charge on any atom is -0.481 e. The molecule has 2 aromatic carbocycles. The van der Waals surface area contributed by atoms with Crippen molar-refractivity contribution < 1.29 is 24.2 Å². The number of nitrogens with one attached hydrogen (secondary N) is 1. The van der Waals surface area contributed by atoms with Gasteiger partial charge in [0.25, 0.3) is 0 Å². The van der Waals surface area contributed by atoms with Crippen LogP contribution in [0.3, 0.4) is 0 Å². The highest BCUT2D eigenvalue weighted by Gasteiger charge is 2.27. The second-order valence-corrected chi connectivity index (χ2v) is 9.99. The Morgan fingerprint density at radius 3 is 2.30 bits per heavy atom. The molecule has 1 aliphatic carbocycles. The molecule has 2 N–H and O–H groups in total. The zero-order valence-electron chi connectivity index (χ0n) is 21.7. The van der Waals surface area contributed by atoms with Gasteiger partial charge in [-0.25, -0.2) is 0 Å². The number of benzene rings is 2. The van der Waals surface area contributed by atoms with Crippen LogP contribution < -0.4 is 5.32 Å². The molecule has 37 heavy (non-hydrogen) atoms. The van der Waals surface area contributed by atoms with E-state index in [9.17, 15) is 14.4 Å². The number of carboxylic acids is 1. The number of hydrogen-bond donors (Lipinski definition) is 2. The number of ether oxygens (including phenoxy) is 1. The van der Waals surface area contributed by atoms with E-state index in [-0.39, 0.29) is 36.9 Å². The first-order valence-electron chi connectivity index (χ1n) is 13.4. The molecule has 0 bridgehead atoms. The minimum atomic E-state index is -0.811. The van der Waals surface area contributed by atoms with Gasteiger partial charge in [-0.15, -0.1) is 0 Å². The molecule has 2 aromatic rings. The van der Waals surface area contributed by atoms with Crippen molar-refractivity contribution in [1.82, 2.24) is 5.32 Å². The summed E-state index contributed by atoms with van der Waals surface area (Å²) in [6, 6.07) is 19.4. The highest BCUT2D eigenvalue weighted by molar-refractivity contribution is 5.81. The van der Waals surface area contributed by atoms with Crippen molar-refractivity contribution in [2.45, 2.75) is 76.7 Å². The number of allylic oxidation sites excluding steroid dienone is 2. The van der Waals surface area contributed by atoms with E-state index in [1.54, 1.807) is 0 Å². The first-order chi connectivity index (χ1) is 17.9. The standard InChI is InChI=1S/C31H39NO5/c1-23(19-20-25(15-10-18-30(34)35)24-11-4-2-5-12-24)21-29(33)32-22-28(26-13-6-3-7-14-26)31(36)37-27-16-8-9-17-27/h2-7,11-15,23,27-28H,8-10,16-22H2,1H3,(H,32,33)(H,34,35). The van der Waals surface area contributed by atoms with E-state index in [4.69, 9.17) is 9.84 Å². The van der Waals surface area contributed by atoms with Crippen LogP contribution in [-0.4, -0.2) is 35.6 Å². The van der Waals surface area contributed by atoms with Gasteiger partial charge in [0.2, 0.25) is 5.91 Å². The first-order valence-corrected chi connectivity index (χ1v) is 13.4. The van der Waals surface area contributed by atoms with Gasteiger partial charge in [0.15, 0.2) is 0 Å². The predicted octanol–water partition coefficient (Wildman–Crippen LogP) is 6.13. The van der Waals surface area contributed by atoms with E-state index in [1.165, 1.54) is 0 Å². The Morgan fingerprint density at radius 1 is 1.00 bits per heavy atom. The zero-order valence-corrected chi connectivity index (χ0v) is 21.7. The molecule has 2 atom stereocenters. The fourth-order valence-corrected chi connectivity index (χ4v) is 4.77. The van der Waals surface area contributed by atoms with Crippen LogP contribution >= 0.6 is 0 Å². The normalized spacial score (nSPS) is 15.6. The van der Waals surface area contributed by atoms with Crippen molar-refractivity contribution in [1.29, 1.82) is 0 Å². The van der Waals surface area contributed by atoms with Gasteiger partial charge in [-0.3, -0.25) is 14.4 Å². The number of rotatable bonds is 14. The number of esters is 1. The number of hydrogen-bond acceptors (Lipinski definition) is 4. The summed E-state index contributed by atoms with van der Waals surface area (Å²) in [6.07, 6.45) is 8.47. The largest absolute Gasteiger partial charge is 0.481 e. The Bertz CT molecular complexity index is 1030. The molecule has 198 valence electrons. The van der Waals surface area contributed by atoms with Gasteiger partial charge < -0.3 is 15.2 Å². The first kappa shape index (κ1) is 28.2. The molecule has 2 unspecified atom stereocenters. The lowest BCUT2D eigenvalue weighted by Gasteiger charge is -2.20. The van der Waals surface area contributed by atoms with E-state index in [2.05, 4.69) is 5.32 Å². The van der Waals surface area contributed by atoms with E-state index in [0.29, 0.717) is 12.8 Å². The van der Waals surface area contributed by atoms with Gasteiger partial charge in [-0.05, 0) is 67.6 Å². The van der Waals surface area contributed by atoms with Crippen molar-refractivity contribution in [3.63, 3.8) is 0 Å². The fourth-order valence-electron chi connectivity index (χ4n) is 4.77. The van der Waals surface area contributed by atoms with E-state index in [1.807, 2.05) is 73.7 Å². The molecule has 0 aromatic heterocycles. The summed E-state index contributed by atoms with van der Waals surface area (Å²) in [5.41, 5.74) is 3.03. The summed E-state index contributed by atoms with van der Waals surface area (Å²) in [4.78, 5) is 36.7. The summed E-state index contributed by atoms with van der Waals surface area (Å²) in [5.74, 6) is -1.56. The van der Waals surface area contributed by atoms with Crippen LogP contribution in [0.5, 0.6) is 0 Å². The predicted molar refractivity (Wildman–Crippen MR) is 145 cm³/mol. The monoisotopic (exact) mass is 505 g/mol. The highest BCUT2D eigenvalue weighted by Crippen LogP contribution is 2.26. The van der Waals surface area contributed by atoms with E-state index in [0.717, 1.165) is 55.2 Å². The highest BCUT2D eigenvalue weighted by atomic mass is 16.5. The zero-order chi connectivity index (χ0) is 26.5. The van der Waals surface area contributed by atoms with Gasteiger partial charge in [0, 0.05) is 19.4 Å². The van der Waals surface area contributed by atoms with Crippen LogP contribution in [-0.2, 0) is 19.1 Å². The molecule has 0 heterocycles. The quantitative estimate of drug-likeness (QED) is 0.302. The van der Waals surface area contributed by atoms with E-state index < -0.39 is 11.9 Å². The third kappa shape index (κ3) is 9.87. The SMILES string of the molecule is CC(CCC(=CCCC(=O)O)c1ccccc1)CC(=O)NCC(C(=O)OC1CCCC1)c1ccccc1. The average Bonchev–Trinajstić information content (AvgIpc) is 3.40. The summed E-state index contributed by atoms with van der Waals surface area (Å²) in [5, 5.41) is 11.9. The van der Waals surface area contributed by atoms with Gasteiger partial charge in [-0.1, -0.05) is 73.7 Å². The maximum atomic E-state index is 13.0. The molecular weight excluding hydrogens is 466 g/mol. The fraction of sp³-hybridized carbons (Fsp3) is 0.452. The van der Waals surface area contributed by atoms with Crippen molar-refractivity contribution in [2.75, 3.05) is 6.54 Å². The van der Waals surface area contributed by atoms with Crippen molar-refractivity contribution >= 4 is 23.4 Å². The number of carboxylic acid groups (broad SMARTS) is 1. The van der Waals surface area contributed by atoms with Gasteiger partial charge in [-0.2, -0.15) is 0 Å². The average molecular weight is 506 g/mol. The molecule has 0 saturated heterocycles. The number of carbonyl (C=O) groups excluding carboxylic acids is 2. The summed E-state index contributed by atoms with van der Waals surface area (Å²) in [7, 11) is 0. The number of aliphatic carboxylic acids is 1. The molecule has 6 heteroatoms. The van der Waals surface area contributed by atoms with Crippen LogP contribution in [0.1, 0.15) is 81.8 Å². The minimum absolute atomic E-state index is 0.0169. The Kier molecular flexibility index (Phi) is 11.4. The Morgan fingerprint density at radius 2 is 1.65 bits per heavy atom. The van der Waals surface area contributed by atoms with Crippen molar-refractivity contribution in [3.05, 3.63) is 77.9 Å². The lowest BCUT2D eigenvalue weighted by atomic mass is 9.93. The third-order valence-corrected chi connectivity index (χ3v) is 6.91. The number of amides is 1. The second-order valence-electron chi connectivity index (χ2n) is 9.99. The van der Waals surface area contributed by atoms with Gasteiger partial charge in [0.1, 0.15) is 6.10 Å². The van der Waals surface area contributed by atoms with Gasteiger partial charge >= 0.3 is 11.9 Å². The summed E-state index contributed by atoms with van der Waals surface area (Å²) >= 11 is 0. The lowest BCUT2D eigenvalue weighted by Crippen LogP contribution is -2.34. The maximum Gasteiger partial charge on any atom is 0.315 e. The Balaban J connectivity index is 1.52. The van der Waals surface area contributed by atoms with Crippen LogP contribution in [0.4, 0.5) is 0 Å². The third-order valence-electron chi connectivity index (χ3n) is 6.91. The lowest BCUT2D eigenvalue weighted by molar-refractivity contribution is -0.150. The summed E-state index contributed by atoms with van der Waals surface area (Å²) < 4.78 is 5.76. The second kappa shape index (κ2) is 15.0. The van der Waals surface area contributed by atoms with Crippen LogP contribution in [0.2, 0.25) is 0 Å². The van der Waals surface area contributed by atoms with Crippen LogP contribution in [0.25, 0.3) is 5.57 Å². The van der Waals surface area contributed by atoms with Crippen molar-refractivity contribution in [2.24, 2.45) is 5.92 Å². The van der Waals surface area contributed by atoms with Gasteiger partial charge in [0.05, 0.1) is 5.92 Å². The molecular formula is C31H39NO5. The number of carbonyl (C=O) groups is 3. The summed E-state index contributed by atoms with van der Waals surface area (Å²) in [6.45, 7) is 2.26.